The molecular formula is C14H13Cl2NO3S. The maximum Gasteiger partial charge on any atom is 0.261 e. The molecule has 0 bridgehead atoms. The van der Waals surface area contributed by atoms with E-state index in [9.17, 15) is 8.42 Å². The number of hydrogen-bond acceptors (Lipinski definition) is 3. The van der Waals surface area contributed by atoms with Gasteiger partial charge in [0.25, 0.3) is 10.0 Å². The summed E-state index contributed by atoms with van der Waals surface area (Å²) in [6.45, 7) is 1.52. The fourth-order valence-electron chi connectivity index (χ4n) is 1.73. The summed E-state index contributed by atoms with van der Waals surface area (Å²) in [5.41, 5.74) is 1.63. The van der Waals surface area contributed by atoms with Crippen molar-refractivity contribution >= 4 is 38.9 Å². The van der Waals surface area contributed by atoms with Crippen LogP contribution in [0.2, 0.25) is 10.0 Å². The number of sulfonamides is 1. The van der Waals surface area contributed by atoms with Crippen molar-refractivity contribution in [2.75, 3.05) is 4.72 Å². The third-order valence-corrected chi connectivity index (χ3v) is 4.90. The summed E-state index contributed by atoms with van der Waals surface area (Å²) in [7, 11) is -3.77. The van der Waals surface area contributed by atoms with E-state index < -0.39 is 10.0 Å². The van der Waals surface area contributed by atoms with Crippen LogP contribution in [0.3, 0.4) is 0 Å². The van der Waals surface area contributed by atoms with E-state index in [4.69, 9.17) is 28.3 Å². The van der Waals surface area contributed by atoms with Gasteiger partial charge in [0.2, 0.25) is 0 Å². The number of aliphatic hydroxyl groups excluding tert-OH is 1. The van der Waals surface area contributed by atoms with Crippen LogP contribution in [0.5, 0.6) is 0 Å². The number of aliphatic hydroxyl groups is 1. The number of rotatable bonds is 4. The standard InChI is InChI=1S/C14H13Cl2NO3S/c1-9-2-4-11(15)6-14(9)17-21(19,20)12-5-3-10(8-18)13(16)7-12/h2-7,17-18H,8H2,1H3. The molecule has 0 radical (unpaired) electrons. The molecule has 0 atom stereocenters. The molecule has 112 valence electrons. The van der Waals surface area contributed by atoms with Crippen LogP contribution in [-0.4, -0.2) is 13.5 Å². The molecule has 0 aromatic heterocycles. The molecule has 0 aliphatic rings. The van der Waals surface area contributed by atoms with Gasteiger partial charge in [0.15, 0.2) is 0 Å². The summed E-state index contributed by atoms with van der Waals surface area (Å²) in [5.74, 6) is 0. The summed E-state index contributed by atoms with van der Waals surface area (Å²) in [6.07, 6.45) is 0. The monoisotopic (exact) mass is 345 g/mol. The molecule has 21 heavy (non-hydrogen) atoms. The Morgan fingerprint density at radius 1 is 1.14 bits per heavy atom. The lowest BCUT2D eigenvalue weighted by molar-refractivity contribution is 0.282. The van der Waals surface area contributed by atoms with E-state index in [2.05, 4.69) is 4.72 Å². The summed E-state index contributed by atoms with van der Waals surface area (Å²) in [4.78, 5) is 0.0177. The van der Waals surface area contributed by atoms with Crippen molar-refractivity contribution in [3.8, 4) is 0 Å². The first kappa shape index (κ1) is 16.1. The van der Waals surface area contributed by atoms with Crippen molar-refractivity contribution in [3.05, 3.63) is 57.6 Å². The third-order valence-electron chi connectivity index (χ3n) is 2.95. The quantitative estimate of drug-likeness (QED) is 0.889. The van der Waals surface area contributed by atoms with Gasteiger partial charge in [0.05, 0.1) is 17.2 Å². The number of hydrogen-bond donors (Lipinski definition) is 2. The molecule has 0 unspecified atom stereocenters. The molecule has 0 saturated carbocycles. The topological polar surface area (TPSA) is 66.4 Å². The van der Waals surface area contributed by atoms with Gasteiger partial charge in [-0.05, 0) is 42.3 Å². The average molecular weight is 346 g/mol. The molecule has 0 amide bonds. The fraction of sp³-hybridized carbons (Fsp3) is 0.143. The summed E-state index contributed by atoms with van der Waals surface area (Å²) in [5, 5.41) is 9.68. The van der Waals surface area contributed by atoms with Crippen molar-refractivity contribution in [1.82, 2.24) is 0 Å². The van der Waals surface area contributed by atoms with E-state index in [-0.39, 0.29) is 16.5 Å². The molecule has 0 heterocycles. The SMILES string of the molecule is Cc1ccc(Cl)cc1NS(=O)(=O)c1ccc(CO)c(Cl)c1. The van der Waals surface area contributed by atoms with Crippen molar-refractivity contribution in [2.45, 2.75) is 18.4 Å². The van der Waals surface area contributed by atoms with Crippen LogP contribution in [0.4, 0.5) is 5.69 Å². The fourth-order valence-corrected chi connectivity index (χ4v) is 3.36. The number of anilines is 1. The number of aryl methyl sites for hydroxylation is 1. The van der Waals surface area contributed by atoms with Gasteiger partial charge < -0.3 is 5.11 Å². The Labute approximate surface area is 133 Å². The molecule has 0 saturated heterocycles. The van der Waals surface area contributed by atoms with Gasteiger partial charge in [-0.3, -0.25) is 4.72 Å². The summed E-state index contributed by atoms with van der Waals surface area (Å²) in [6, 6.07) is 9.11. The minimum Gasteiger partial charge on any atom is -0.392 e. The molecule has 0 aliphatic heterocycles. The predicted molar refractivity (Wildman–Crippen MR) is 84.4 cm³/mol. The molecule has 2 rings (SSSR count). The van der Waals surface area contributed by atoms with Crippen molar-refractivity contribution < 1.29 is 13.5 Å². The minimum atomic E-state index is -3.77. The largest absolute Gasteiger partial charge is 0.392 e. The minimum absolute atomic E-state index is 0.0177. The van der Waals surface area contributed by atoms with Crippen molar-refractivity contribution in [1.29, 1.82) is 0 Å². The highest BCUT2D eigenvalue weighted by atomic mass is 35.5. The second-order valence-electron chi connectivity index (χ2n) is 4.48. The zero-order valence-electron chi connectivity index (χ0n) is 11.1. The van der Waals surface area contributed by atoms with Crippen LogP contribution < -0.4 is 4.72 Å². The number of halogens is 2. The second-order valence-corrected chi connectivity index (χ2v) is 7.00. The molecule has 0 spiro atoms. The van der Waals surface area contributed by atoms with Gasteiger partial charge in [-0.2, -0.15) is 0 Å². The van der Waals surface area contributed by atoms with Crippen molar-refractivity contribution in [2.24, 2.45) is 0 Å². The van der Waals surface area contributed by atoms with E-state index >= 15 is 0 Å². The van der Waals surface area contributed by atoms with E-state index in [0.29, 0.717) is 16.3 Å². The Morgan fingerprint density at radius 3 is 2.48 bits per heavy atom. The maximum absolute atomic E-state index is 12.3. The third kappa shape index (κ3) is 3.68. The molecule has 2 aromatic rings. The first-order valence-corrected chi connectivity index (χ1v) is 8.25. The average Bonchev–Trinajstić information content (AvgIpc) is 2.42. The van der Waals surface area contributed by atoms with Gasteiger partial charge in [0, 0.05) is 10.0 Å². The zero-order valence-corrected chi connectivity index (χ0v) is 13.4. The molecule has 2 N–H and O–H groups in total. The maximum atomic E-state index is 12.3. The molecule has 2 aromatic carbocycles. The normalized spacial score (nSPS) is 11.4. The van der Waals surface area contributed by atoms with Crippen LogP contribution in [0.1, 0.15) is 11.1 Å². The Bertz CT molecular complexity index is 776. The number of benzene rings is 2. The molecule has 4 nitrogen and oxygen atoms in total. The lowest BCUT2D eigenvalue weighted by atomic mass is 10.2. The second kappa shape index (κ2) is 6.23. The van der Waals surface area contributed by atoms with Gasteiger partial charge in [-0.15, -0.1) is 0 Å². The van der Waals surface area contributed by atoms with Gasteiger partial charge in [-0.1, -0.05) is 35.3 Å². The Kier molecular flexibility index (Phi) is 4.78. The molecule has 7 heteroatoms. The smallest absolute Gasteiger partial charge is 0.261 e. The predicted octanol–water partition coefficient (Wildman–Crippen LogP) is 3.59. The van der Waals surface area contributed by atoms with Gasteiger partial charge in [-0.25, -0.2) is 8.42 Å². The molecule has 0 aliphatic carbocycles. The Balaban J connectivity index is 2.38. The summed E-state index contributed by atoms with van der Waals surface area (Å²) >= 11 is 11.8. The first-order chi connectivity index (χ1) is 9.83. The van der Waals surface area contributed by atoms with Crippen LogP contribution in [0.25, 0.3) is 0 Å². The van der Waals surface area contributed by atoms with Gasteiger partial charge in [0.1, 0.15) is 0 Å². The highest BCUT2D eigenvalue weighted by Gasteiger charge is 2.17. The first-order valence-electron chi connectivity index (χ1n) is 6.02. The Hall–Kier alpha value is -1.27. The van der Waals surface area contributed by atoms with E-state index in [1.807, 2.05) is 0 Å². The van der Waals surface area contributed by atoms with E-state index in [0.717, 1.165) is 5.56 Å². The molecule has 0 fully saturated rings. The highest BCUT2D eigenvalue weighted by Crippen LogP contribution is 2.25. The van der Waals surface area contributed by atoms with Crippen LogP contribution in [-0.2, 0) is 16.6 Å². The number of nitrogens with one attached hydrogen (secondary N) is 1. The lowest BCUT2D eigenvalue weighted by Crippen LogP contribution is -2.14. The van der Waals surface area contributed by atoms with E-state index in [1.54, 1.807) is 19.1 Å². The zero-order chi connectivity index (χ0) is 15.6. The molecular weight excluding hydrogens is 333 g/mol. The van der Waals surface area contributed by atoms with Crippen molar-refractivity contribution in [3.63, 3.8) is 0 Å². The summed E-state index contributed by atoms with van der Waals surface area (Å²) < 4.78 is 27.2. The van der Waals surface area contributed by atoms with Crippen LogP contribution >= 0.6 is 23.2 Å². The van der Waals surface area contributed by atoms with Gasteiger partial charge >= 0.3 is 0 Å². The van der Waals surface area contributed by atoms with Crippen LogP contribution in [0, 0.1) is 6.92 Å². The highest BCUT2D eigenvalue weighted by molar-refractivity contribution is 7.92. The van der Waals surface area contributed by atoms with Crippen LogP contribution in [0.15, 0.2) is 41.3 Å². The Morgan fingerprint density at radius 2 is 1.86 bits per heavy atom. The van der Waals surface area contributed by atoms with E-state index in [1.165, 1.54) is 24.3 Å². The lowest BCUT2D eigenvalue weighted by Gasteiger charge is -2.12.